The van der Waals surface area contributed by atoms with E-state index in [1.54, 1.807) is 24.4 Å². The zero-order chi connectivity index (χ0) is 18.9. The third-order valence-electron chi connectivity index (χ3n) is 5.04. The van der Waals surface area contributed by atoms with Crippen LogP contribution < -0.4 is 10.6 Å². The zero-order valence-corrected chi connectivity index (χ0v) is 15.8. The van der Waals surface area contributed by atoms with Crippen molar-refractivity contribution in [1.82, 2.24) is 4.98 Å². The third kappa shape index (κ3) is 3.78. The number of pyridine rings is 1. The fourth-order valence-electron chi connectivity index (χ4n) is 3.44. The highest BCUT2D eigenvalue weighted by atomic mass is 32.2. The Morgan fingerprint density at radius 2 is 1.85 bits per heavy atom. The van der Waals surface area contributed by atoms with Gasteiger partial charge in [-0.25, -0.2) is 13.4 Å². The molecule has 2 aromatic rings. The lowest BCUT2D eigenvalue weighted by Gasteiger charge is -2.29. The van der Waals surface area contributed by atoms with Crippen LogP contribution in [0.2, 0.25) is 0 Å². The Morgan fingerprint density at radius 3 is 2.52 bits per heavy atom. The lowest BCUT2D eigenvalue weighted by atomic mass is 10.1. The van der Waals surface area contributed by atoms with Crippen molar-refractivity contribution in [2.24, 2.45) is 0 Å². The Kier molecular flexibility index (Phi) is 5.03. The van der Waals surface area contributed by atoms with Gasteiger partial charge in [0.05, 0.1) is 30.0 Å². The number of hydrogen-bond donors (Lipinski definition) is 1. The Bertz CT molecular complexity index is 903. The van der Waals surface area contributed by atoms with Crippen LogP contribution >= 0.6 is 0 Å². The number of anilines is 2. The molecule has 0 amide bonds. The van der Waals surface area contributed by atoms with Crippen LogP contribution in [0.3, 0.4) is 0 Å². The van der Waals surface area contributed by atoms with Gasteiger partial charge in [-0.2, -0.15) is 0 Å². The molecule has 144 valence electrons. The SMILES string of the molecule is Nc1ccc(-c2cc(N3CCOCC3)cc(S(=O)(=O)[C@@H]3CCOC3)c2)cn1. The predicted octanol–water partition coefficient (Wildman–Crippen LogP) is 1.73. The Balaban J connectivity index is 1.79. The zero-order valence-electron chi connectivity index (χ0n) is 15.0. The van der Waals surface area contributed by atoms with Gasteiger partial charge in [0, 0.05) is 37.1 Å². The van der Waals surface area contributed by atoms with Crippen LogP contribution in [0.1, 0.15) is 6.42 Å². The Morgan fingerprint density at radius 1 is 1.04 bits per heavy atom. The van der Waals surface area contributed by atoms with E-state index in [-0.39, 0.29) is 6.61 Å². The van der Waals surface area contributed by atoms with Crippen molar-refractivity contribution < 1.29 is 17.9 Å². The molecule has 7 nitrogen and oxygen atoms in total. The molecule has 2 aliphatic rings. The third-order valence-corrected chi connectivity index (χ3v) is 7.18. The van der Waals surface area contributed by atoms with Gasteiger partial charge in [0.15, 0.2) is 9.84 Å². The first-order valence-electron chi connectivity index (χ1n) is 9.05. The predicted molar refractivity (Wildman–Crippen MR) is 104 cm³/mol. The number of rotatable bonds is 4. The molecule has 0 aliphatic carbocycles. The van der Waals surface area contributed by atoms with E-state index in [0.717, 1.165) is 29.9 Å². The molecule has 4 rings (SSSR count). The van der Waals surface area contributed by atoms with Crippen LogP contribution in [0.15, 0.2) is 41.4 Å². The van der Waals surface area contributed by atoms with E-state index in [1.807, 2.05) is 12.1 Å². The number of benzene rings is 1. The van der Waals surface area contributed by atoms with Crippen molar-refractivity contribution in [3.8, 4) is 11.1 Å². The molecule has 0 unspecified atom stereocenters. The summed E-state index contributed by atoms with van der Waals surface area (Å²) in [5.41, 5.74) is 8.21. The molecule has 1 aromatic carbocycles. The average molecular weight is 389 g/mol. The lowest BCUT2D eigenvalue weighted by molar-refractivity contribution is 0.122. The van der Waals surface area contributed by atoms with E-state index >= 15 is 0 Å². The number of nitrogen functional groups attached to an aromatic ring is 1. The van der Waals surface area contributed by atoms with Crippen molar-refractivity contribution in [2.75, 3.05) is 50.2 Å². The van der Waals surface area contributed by atoms with Crippen molar-refractivity contribution in [1.29, 1.82) is 0 Å². The van der Waals surface area contributed by atoms with Crippen molar-refractivity contribution in [2.45, 2.75) is 16.6 Å². The molecule has 8 heteroatoms. The molecular formula is C19H23N3O4S. The summed E-state index contributed by atoms with van der Waals surface area (Å²) in [5, 5.41) is -0.491. The molecule has 2 aliphatic heterocycles. The molecule has 27 heavy (non-hydrogen) atoms. The van der Waals surface area contributed by atoms with Gasteiger partial charge in [-0.15, -0.1) is 0 Å². The second-order valence-corrected chi connectivity index (χ2v) is 9.05. The number of hydrogen-bond acceptors (Lipinski definition) is 7. The highest BCUT2D eigenvalue weighted by molar-refractivity contribution is 7.92. The van der Waals surface area contributed by atoms with Gasteiger partial charge >= 0.3 is 0 Å². The standard InChI is InChI=1S/C19H23N3O4S/c20-19-2-1-14(12-21-19)15-9-16(22-4-7-25-8-5-22)11-18(10-15)27(23,24)17-3-6-26-13-17/h1-2,9-12,17H,3-8,13H2,(H2,20,21)/t17-/m1/s1. The number of aromatic nitrogens is 1. The largest absolute Gasteiger partial charge is 0.384 e. The van der Waals surface area contributed by atoms with Crippen molar-refractivity contribution in [3.05, 3.63) is 36.5 Å². The molecule has 2 N–H and O–H groups in total. The van der Waals surface area contributed by atoms with Crippen LogP contribution in [-0.2, 0) is 19.3 Å². The first-order chi connectivity index (χ1) is 13.0. The van der Waals surface area contributed by atoms with Crippen LogP contribution in [-0.4, -0.2) is 58.2 Å². The van der Waals surface area contributed by atoms with E-state index in [4.69, 9.17) is 15.2 Å². The number of ether oxygens (including phenoxy) is 2. The molecule has 2 fully saturated rings. The van der Waals surface area contributed by atoms with E-state index in [9.17, 15) is 8.42 Å². The summed E-state index contributed by atoms with van der Waals surface area (Å²) in [6.07, 6.45) is 2.20. The lowest BCUT2D eigenvalue weighted by Crippen LogP contribution is -2.36. The monoisotopic (exact) mass is 389 g/mol. The number of sulfone groups is 1. The van der Waals surface area contributed by atoms with Crippen LogP contribution in [0.5, 0.6) is 0 Å². The van der Waals surface area contributed by atoms with Gasteiger partial charge in [0.25, 0.3) is 0 Å². The minimum atomic E-state index is -3.47. The summed E-state index contributed by atoms with van der Waals surface area (Å²) < 4.78 is 37.0. The number of nitrogens with zero attached hydrogens (tertiary/aromatic N) is 2. The topological polar surface area (TPSA) is 94.8 Å². The second kappa shape index (κ2) is 7.46. The van der Waals surface area contributed by atoms with Gasteiger partial charge in [-0.3, -0.25) is 0 Å². The van der Waals surface area contributed by atoms with Gasteiger partial charge in [-0.05, 0) is 42.3 Å². The summed E-state index contributed by atoms with van der Waals surface area (Å²) >= 11 is 0. The highest BCUT2D eigenvalue weighted by Crippen LogP contribution is 2.32. The summed E-state index contributed by atoms with van der Waals surface area (Å²) in [6.45, 7) is 3.47. The average Bonchev–Trinajstić information content (AvgIpc) is 3.25. The minimum Gasteiger partial charge on any atom is -0.384 e. The molecule has 0 spiro atoms. The van der Waals surface area contributed by atoms with Crippen molar-refractivity contribution in [3.63, 3.8) is 0 Å². The second-order valence-electron chi connectivity index (χ2n) is 6.82. The molecule has 0 bridgehead atoms. The van der Waals surface area contributed by atoms with Gasteiger partial charge in [0.2, 0.25) is 0 Å². The van der Waals surface area contributed by atoms with E-state index in [2.05, 4.69) is 9.88 Å². The number of morpholine rings is 1. The Labute approximate surface area is 159 Å². The molecule has 1 atom stereocenters. The molecule has 3 heterocycles. The van der Waals surface area contributed by atoms with E-state index < -0.39 is 15.1 Å². The van der Waals surface area contributed by atoms with Crippen LogP contribution in [0.4, 0.5) is 11.5 Å². The molecule has 0 saturated carbocycles. The van der Waals surface area contributed by atoms with Crippen molar-refractivity contribution >= 4 is 21.3 Å². The first kappa shape index (κ1) is 18.2. The molecular weight excluding hydrogens is 366 g/mol. The van der Waals surface area contributed by atoms with Gasteiger partial charge in [-0.1, -0.05) is 0 Å². The van der Waals surface area contributed by atoms with Gasteiger partial charge < -0.3 is 20.1 Å². The minimum absolute atomic E-state index is 0.253. The quantitative estimate of drug-likeness (QED) is 0.851. The summed E-state index contributed by atoms with van der Waals surface area (Å²) in [7, 11) is -3.47. The summed E-state index contributed by atoms with van der Waals surface area (Å²) in [5.74, 6) is 0.430. The maximum absolute atomic E-state index is 13.1. The summed E-state index contributed by atoms with van der Waals surface area (Å²) in [4.78, 5) is 6.62. The fourth-order valence-corrected chi connectivity index (χ4v) is 5.09. The molecule has 0 radical (unpaired) electrons. The highest BCUT2D eigenvalue weighted by Gasteiger charge is 2.32. The number of nitrogens with two attached hydrogens (primary N) is 1. The first-order valence-corrected chi connectivity index (χ1v) is 10.6. The van der Waals surface area contributed by atoms with E-state index in [1.165, 1.54) is 0 Å². The fraction of sp³-hybridized carbons (Fsp3) is 0.421. The Hall–Kier alpha value is -2.16. The van der Waals surface area contributed by atoms with Crippen LogP contribution in [0.25, 0.3) is 11.1 Å². The maximum atomic E-state index is 13.1. The maximum Gasteiger partial charge on any atom is 0.183 e. The molecule has 2 saturated heterocycles. The van der Waals surface area contributed by atoms with E-state index in [0.29, 0.717) is 37.0 Å². The summed E-state index contributed by atoms with van der Waals surface area (Å²) in [6, 6.07) is 9.08. The molecule has 1 aromatic heterocycles. The normalized spacial score (nSPS) is 20.7. The van der Waals surface area contributed by atoms with Crippen LogP contribution in [0, 0.1) is 0 Å². The van der Waals surface area contributed by atoms with Gasteiger partial charge in [0.1, 0.15) is 5.82 Å². The smallest absolute Gasteiger partial charge is 0.183 e.